The number of aliphatic hydroxyl groups excluding tert-OH is 1. The third-order valence-corrected chi connectivity index (χ3v) is 3.12. The van der Waals surface area contributed by atoms with E-state index < -0.39 is 0 Å². The van der Waals surface area contributed by atoms with Crippen LogP contribution in [0.15, 0.2) is 42.5 Å². The van der Waals surface area contributed by atoms with Crippen LogP contribution in [-0.2, 0) is 0 Å². The highest BCUT2D eigenvalue weighted by Crippen LogP contribution is 2.36. The van der Waals surface area contributed by atoms with Crippen molar-refractivity contribution in [2.75, 3.05) is 6.61 Å². The molecule has 1 N–H and O–H groups in total. The molecule has 1 atom stereocenters. The number of allylic oxidation sites excluding steroid dienone is 2. The molecule has 0 saturated heterocycles. The van der Waals surface area contributed by atoms with Crippen molar-refractivity contribution in [3.63, 3.8) is 0 Å². The Morgan fingerprint density at radius 3 is 2.89 bits per heavy atom. The van der Waals surface area contributed by atoms with Crippen molar-refractivity contribution in [2.24, 2.45) is 0 Å². The van der Waals surface area contributed by atoms with Gasteiger partial charge in [0, 0.05) is 12.2 Å². The molecule has 96 valence electrons. The second-order valence-electron chi connectivity index (χ2n) is 4.88. The Bertz CT molecular complexity index is 474. The van der Waals surface area contributed by atoms with Crippen LogP contribution in [0.5, 0.6) is 5.75 Å². The van der Waals surface area contributed by atoms with Gasteiger partial charge in [0.2, 0.25) is 0 Å². The first-order valence-corrected chi connectivity index (χ1v) is 6.41. The summed E-state index contributed by atoms with van der Waals surface area (Å²) in [6.45, 7) is 4.41. The lowest BCUT2D eigenvalue weighted by molar-refractivity contribution is 0.187. The minimum Gasteiger partial charge on any atom is -0.479 e. The van der Waals surface area contributed by atoms with Crippen molar-refractivity contribution >= 4 is 5.57 Å². The zero-order valence-corrected chi connectivity index (χ0v) is 11.0. The zero-order valence-electron chi connectivity index (χ0n) is 11.0. The van der Waals surface area contributed by atoms with E-state index in [1.54, 1.807) is 0 Å². The number of rotatable bonds is 4. The topological polar surface area (TPSA) is 29.5 Å². The summed E-state index contributed by atoms with van der Waals surface area (Å²) in [5, 5.41) is 8.76. The first kappa shape index (κ1) is 12.9. The van der Waals surface area contributed by atoms with E-state index in [0.717, 1.165) is 18.6 Å². The van der Waals surface area contributed by atoms with Crippen molar-refractivity contribution in [3.05, 3.63) is 48.1 Å². The summed E-state index contributed by atoms with van der Waals surface area (Å²) in [6, 6.07) is 8.11. The Morgan fingerprint density at radius 2 is 2.11 bits per heavy atom. The van der Waals surface area contributed by atoms with E-state index in [1.807, 2.05) is 18.2 Å². The van der Waals surface area contributed by atoms with Gasteiger partial charge in [0.1, 0.15) is 11.4 Å². The van der Waals surface area contributed by atoms with Crippen LogP contribution in [0.4, 0.5) is 0 Å². The first-order chi connectivity index (χ1) is 8.64. The summed E-state index contributed by atoms with van der Waals surface area (Å²) in [5.74, 6) is 0.937. The molecule has 0 radical (unpaired) electrons. The zero-order chi connectivity index (χ0) is 13.0. The molecule has 0 spiro atoms. The number of ether oxygens (including phenoxy) is 1. The van der Waals surface area contributed by atoms with Crippen LogP contribution >= 0.6 is 0 Å². The molecule has 1 aliphatic rings. The summed E-state index contributed by atoms with van der Waals surface area (Å²) < 4.78 is 6.04. The molecule has 2 nitrogen and oxygen atoms in total. The lowest BCUT2D eigenvalue weighted by atomic mass is 9.94. The van der Waals surface area contributed by atoms with Gasteiger partial charge < -0.3 is 9.84 Å². The fourth-order valence-corrected chi connectivity index (χ4v) is 2.26. The molecule has 1 heterocycles. The SMILES string of the molecule is CC1=C[C@](C)(/C=C/CCCO)Oc2ccccc21. The van der Waals surface area contributed by atoms with E-state index in [9.17, 15) is 0 Å². The highest BCUT2D eigenvalue weighted by Gasteiger charge is 2.26. The van der Waals surface area contributed by atoms with Gasteiger partial charge in [-0.3, -0.25) is 0 Å². The Balaban J connectivity index is 2.18. The van der Waals surface area contributed by atoms with Gasteiger partial charge in [-0.15, -0.1) is 0 Å². The fourth-order valence-electron chi connectivity index (χ4n) is 2.26. The van der Waals surface area contributed by atoms with Gasteiger partial charge in [0.25, 0.3) is 0 Å². The van der Waals surface area contributed by atoms with Crippen LogP contribution in [0.2, 0.25) is 0 Å². The van der Waals surface area contributed by atoms with Crippen LogP contribution in [0.1, 0.15) is 32.3 Å². The average Bonchev–Trinajstić information content (AvgIpc) is 2.35. The van der Waals surface area contributed by atoms with Gasteiger partial charge in [0.05, 0.1) is 0 Å². The molecule has 1 aromatic rings. The van der Waals surface area contributed by atoms with Crippen LogP contribution in [0.25, 0.3) is 5.57 Å². The van der Waals surface area contributed by atoms with E-state index in [-0.39, 0.29) is 12.2 Å². The van der Waals surface area contributed by atoms with Gasteiger partial charge in [-0.1, -0.05) is 24.3 Å². The van der Waals surface area contributed by atoms with Crippen LogP contribution in [0, 0.1) is 0 Å². The largest absolute Gasteiger partial charge is 0.479 e. The monoisotopic (exact) mass is 244 g/mol. The molecule has 1 aromatic carbocycles. The predicted octanol–water partition coefficient (Wildman–Crippen LogP) is 3.57. The Hall–Kier alpha value is -1.54. The molecule has 0 fully saturated rings. The smallest absolute Gasteiger partial charge is 0.143 e. The lowest BCUT2D eigenvalue weighted by Gasteiger charge is -2.31. The van der Waals surface area contributed by atoms with E-state index >= 15 is 0 Å². The fraction of sp³-hybridized carbons (Fsp3) is 0.375. The van der Waals surface area contributed by atoms with Crippen molar-refractivity contribution in [1.29, 1.82) is 0 Å². The molecule has 0 amide bonds. The first-order valence-electron chi connectivity index (χ1n) is 6.41. The predicted molar refractivity (Wildman–Crippen MR) is 74.6 cm³/mol. The minimum atomic E-state index is -0.381. The maximum absolute atomic E-state index is 8.76. The molecule has 0 unspecified atom stereocenters. The van der Waals surface area contributed by atoms with Gasteiger partial charge in [-0.2, -0.15) is 0 Å². The molecular formula is C16H20O2. The van der Waals surface area contributed by atoms with Gasteiger partial charge in [0.15, 0.2) is 0 Å². The van der Waals surface area contributed by atoms with E-state index in [4.69, 9.17) is 9.84 Å². The summed E-state index contributed by atoms with van der Waals surface area (Å²) in [6.07, 6.45) is 7.97. The maximum atomic E-state index is 8.76. The van der Waals surface area contributed by atoms with E-state index in [0.29, 0.717) is 0 Å². The van der Waals surface area contributed by atoms with Crippen molar-refractivity contribution in [3.8, 4) is 5.75 Å². The Kier molecular flexibility index (Phi) is 3.87. The molecule has 2 rings (SSSR count). The molecule has 2 heteroatoms. The standard InChI is InChI=1S/C16H20O2/c1-13-12-16(2,10-6-3-7-11-17)18-15-9-5-4-8-14(13)15/h4-6,8-10,12,17H,3,7,11H2,1-2H3/b10-6+/t16-/m0/s1. The summed E-state index contributed by atoms with van der Waals surface area (Å²) in [7, 11) is 0. The third kappa shape index (κ3) is 2.82. The molecule has 0 aromatic heterocycles. The number of aliphatic hydroxyl groups is 1. The second kappa shape index (κ2) is 5.40. The van der Waals surface area contributed by atoms with Crippen LogP contribution in [0.3, 0.4) is 0 Å². The highest BCUT2D eigenvalue weighted by atomic mass is 16.5. The van der Waals surface area contributed by atoms with Gasteiger partial charge >= 0.3 is 0 Å². The van der Waals surface area contributed by atoms with Crippen LogP contribution < -0.4 is 4.74 Å². The normalized spacial score (nSPS) is 22.5. The quantitative estimate of drug-likeness (QED) is 0.648. The number of para-hydroxylation sites is 1. The summed E-state index contributed by atoms with van der Waals surface area (Å²) >= 11 is 0. The number of benzene rings is 1. The minimum absolute atomic E-state index is 0.236. The Morgan fingerprint density at radius 1 is 1.33 bits per heavy atom. The molecule has 0 bridgehead atoms. The molecule has 0 aliphatic carbocycles. The Labute approximate surface area is 109 Å². The van der Waals surface area contributed by atoms with Gasteiger partial charge in [-0.05, 0) is 50.5 Å². The molecule has 1 aliphatic heterocycles. The van der Waals surface area contributed by atoms with Crippen LogP contribution in [-0.4, -0.2) is 17.3 Å². The number of hydrogen-bond donors (Lipinski definition) is 1. The number of fused-ring (bicyclic) bond motifs is 1. The highest BCUT2D eigenvalue weighted by molar-refractivity contribution is 5.72. The molecule has 0 saturated carbocycles. The average molecular weight is 244 g/mol. The molecular weight excluding hydrogens is 224 g/mol. The van der Waals surface area contributed by atoms with E-state index in [1.165, 1.54) is 11.1 Å². The summed E-state index contributed by atoms with van der Waals surface area (Å²) in [5.41, 5.74) is 2.03. The lowest BCUT2D eigenvalue weighted by Crippen LogP contribution is -2.30. The van der Waals surface area contributed by atoms with Crippen molar-refractivity contribution in [2.45, 2.75) is 32.3 Å². The van der Waals surface area contributed by atoms with Crippen molar-refractivity contribution < 1.29 is 9.84 Å². The second-order valence-corrected chi connectivity index (χ2v) is 4.88. The summed E-state index contributed by atoms with van der Waals surface area (Å²) in [4.78, 5) is 0. The number of unbranched alkanes of at least 4 members (excludes halogenated alkanes) is 1. The van der Waals surface area contributed by atoms with Gasteiger partial charge in [-0.25, -0.2) is 0 Å². The number of hydrogen-bond acceptors (Lipinski definition) is 2. The van der Waals surface area contributed by atoms with E-state index in [2.05, 4.69) is 38.1 Å². The maximum Gasteiger partial charge on any atom is 0.143 e. The van der Waals surface area contributed by atoms with Crippen molar-refractivity contribution in [1.82, 2.24) is 0 Å². The molecule has 18 heavy (non-hydrogen) atoms. The third-order valence-electron chi connectivity index (χ3n) is 3.12.